The highest BCUT2D eigenvalue weighted by Gasteiger charge is 2.28. The number of nitrogens with two attached hydrogens (primary N) is 1. The van der Waals surface area contributed by atoms with Crippen molar-refractivity contribution in [3.63, 3.8) is 0 Å². The molecule has 1 aliphatic heterocycles. The van der Waals surface area contributed by atoms with Crippen molar-refractivity contribution in [3.8, 4) is 0 Å². The molecule has 11 heavy (non-hydrogen) atoms. The Hall–Kier alpha value is -0.830. The molecule has 4 heteroatoms. The Morgan fingerprint density at radius 1 is 1.45 bits per heavy atom. The highest BCUT2D eigenvalue weighted by Crippen LogP contribution is 2.39. The van der Waals surface area contributed by atoms with E-state index in [9.17, 15) is 0 Å². The molecule has 2 rings (SSSR count). The second kappa shape index (κ2) is 2.34. The Morgan fingerprint density at radius 2 is 2.18 bits per heavy atom. The molecule has 4 N–H and O–H groups in total. The number of halogens is 1. The second-order valence-electron chi connectivity index (χ2n) is 2.89. The molecular weight excluding hydrogens is 162 g/mol. The highest BCUT2D eigenvalue weighted by atomic mass is 35.5. The van der Waals surface area contributed by atoms with Gasteiger partial charge in [0.1, 0.15) is 11.0 Å². The van der Waals surface area contributed by atoms with Gasteiger partial charge in [0.2, 0.25) is 0 Å². The number of hydrogen-bond acceptors (Lipinski definition) is 3. The van der Waals surface area contributed by atoms with E-state index in [0.29, 0.717) is 16.9 Å². The SMILES string of the molecule is NC1=CC(C2CC2)=C(Cl)NN1. The summed E-state index contributed by atoms with van der Waals surface area (Å²) in [5.74, 6) is 1.27. The third-order valence-electron chi connectivity index (χ3n) is 1.90. The fourth-order valence-corrected chi connectivity index (χ4v) is 1.41. The standard InChI is InChI=1S/C7H10ClN3/c8-7-5(4-1-2-4)3-6(9)10-11-7/h3-4,10-11H,1-2,9H2. The van der Waals surface area contributed by atoms with E-state index in [4.69, 9.17) is 17.3 Å². The van der Waals surface area contributed by atoms with E-state index in [1.54, 1.807) is 0 Å². The largest absolute Gasteiger partial charge is 0.384 e. The van der Waals surface area contributed by atoms with Crippen LogP contribution in [-0.2, 0) is 0 Å². The smallest absolute Gasteiger partial charge is 0.124 e. The van der Waals surface area contributed by atoms with Gasteiger partial charge in [-0.15, -0.1) is 0 Å². The Labute approximate surface area is 70.3 Å². The summed E-state index contributed by atoms with van der Waals surface area (Å²) in [7, 11) is 0. The van der Waals surface area contributed by atoms with E-state index in [1.165, 1.54) is 12.8 Å². The molecule has 0 aromatic rings. The zero-order chi connectivity index (χ0) is 7.84. The van der Waals surface area contributed by atoms with Crippen LogP contribution in [0.1, 0.15) is 12.8 Å². The van der Waals surface area contributed by atoms with Crippen molar-refractivity contribution in [2.45, 2.75) is 12.8 Å². The first-order valence-electron chi connectivity index (χ1n) is 3.66. The molecule has 2 aliphatic rings. The van der Waals surface area contributed by atoms with E-state index in [0.717, 1.165) is 5.57 Å². The monoisotopic (exact) mass is 171 g/mol. The van der Waals surface area contributed by atoms with E-state index >= 15 is 0 Å². The van der Waals surface area contributed by atoms with Crippen molar-refractivity contribution in [2.75, 3.05) is 0 Å². The first-order chi connectivity index (χ1) is 5.27. The van der Waals surface area contributed by atoms with Crippen molar-refractivity contribution < 1.29 is 0 Å². The van der Waals surface area contributed by atoms with Gasteiger partial charge in [-0.05, 0) is 30.4 Å². The van der Waals surface area contributed by atoms with Crippen LogP contribution in [0.15, 0.2) is 22.6 Å². The van der Waals surface area contributed by atoms with Crippen molar-refractivity contribution in [1.29, 1.82) is 0 Å². The number of hydrazine groups is 1. The molecule has 0 unspecified atom stereocenters. The highest BCUT2D eigenvalue weighted by molar-refractivity contribution is 6.29. The number of nitrogens with one attached hydrogen (secondary N) is 2. The van der Waals surface area contributed by atoms with Gasteiger partial charge >= 0.3 is 0 Å². The Kier molecular flexibility index (Phi) is 1.46. The van der Waals surface area contributed by atoms with Crippen LogP contribution in [0.2, 0.25) is 0 Å². The predicted octanol–water partition coefficient (Wildman–Crippen LogP) is 0.755. The zero-order valence-electron chi connectivity index (χ0n) is 6.02. The Morgan fingerprint density at radius 3 is 2.82 bits per heavy atom. The van der Waals surface area contributed by atoms with Crippen LogP contribution in [-0.4, -0.2) is 0 Å². The third-order valence-corrected chi connectivity index (χ3v) is 2.21. The minimum absolute atomic E-state index is 0.635. The Bertz CT molecular complexity index is 240. The molecule has 0 spiro atoms. The molecule has 0 saturated heterocycles. The van der Waals surface area contributed by atoms with Crippen molar-refractivity contribution in [2.24, 2.45) is 11.7 Å². The van der Waals surface area contributed by atoms with Crippen LogP contribution in [0.25, 0.3) is 0 Å². The topological polar surface area (TPSA) is 50.1 Å². The van der Waals surface area contributed by atoms with Gasteiger partial charge in [-0.1, -0.05) is 11.6 Å². The summed E-state index contributed by atoms with van der Waals surface area (Å²) < 4.78 is 0. The number of allylic oxidation sites excluding steroid dienone is 2. The van der Waals surface area contributed by atoms with Crippen molar-refractivity contribution in [1.82, 2.24) is 10.9 Å². The molecule has 0 aromatic heterocycles. The summed E-state index contributed by atoms with van der Waals surface area (Å²) in [6.45, 7) is 0. The quantitative estimate of drug-likeness (QED) is 0.511. The maximum Gasteiger partial charge on any atom is 0.124 e. The summed E-state index contributed by atoms with van der Waals surface area (Å²) in [6.07, 6.45) is 4.37. The third kappa shape index (κ3) is 1.28. The van der Waals surface area contributed by atoms with Crippen LogP contribution in [0, 0.1) is 5.92 Å². The summed E-state index contributed by atoms with van der Waals surface area (Å²) in [4.78, 5) is 0. The molecule has 0 atom stereocenters. The molecule has 3 nitrogen and oxygen atoms in total. The normalized spacial score (nSPS) is 23.9. The van der Waals surface area contributed by atoms with Gasteiger partial charge in [-0.2, -0.15) is 0 Å². The molecule has 60 valence electrons. The minimum atomic E-state index is 0.635. The molecule has 1 saturated carbocycles. The van der Waals surface area contributed by atoms with E-state index in [-0.39, 0.29) is 0 Å². The van der Waals surface area contributed by atoms with Crippen LogP contribution in [0.3, 0.4) is 0 Å². The van der Waals surface area contributed by atoms with Gasteiger partial charge in [-0.3, -0.25) is 10.9 Å². The van der Waals surface area contributed by atoms with Crippen molar-refractivity contribution in [3.05, 3.63) is 22.6 Å². The summed E-state index contributed by atoms with van der Waals surface area (Å²) >= 11 is 5.89. The molecular formula is C7H10ClN3. The summed E-state index contributed by atoms with van der Waals surface area (Å²) in [5, 5.41) is 0.682. The van der Waals surface area contributed by atoms with Gasteiger partial charge in [0.25, 0.3) is 0 Å². The molecule has 0 radical (unpaired) electrons. The van der Waals surface area contributed by atoms with Gasteiger partial charge < -0.3 is 5.73 Å². The first-order valence-corrected chi connectivity index (χ1v) is 4.04. The fraction of sp³-hybridized carbons (Fsp3) is 0.429. The second-order valence-corrected chi connectivity index (χ2v) is 3.27. The van der Waals surface area contributed by atoms with Crippen molar-refractivity contribution >= 4 is 11.6 Å². The maximum absolute atomic E-state index is 5.89. The molecule has 0 amide bonds. The lowest BCUT2D eigenvalue weighted by molar-refractivity contribution is 0.679. The lowest BCUT2D eigenvalue weighted by Crippen LogP contribution is -2.36. The molecule has 1 heterocycles. The van der Waals surface area contributed by atoms with Crippen LogP contribution in [0.4, 0.5) is 0 Å². The van der Waals surface area contributed by atoms with Gasteiger partial charge in [0, 0.05) is 0 Å². The average Bonchev–Trinajstić information content (AvgIpc) is 2.76. The lowest BCUT2D eigenvalue weighted by atomic mass is 10.1. The average molecular weight is 172 g/mol. The number of rotatable bonds is 1. The van der Waals surface area contributed by atoms with Crippen LogP contribution in [0.5, 0.6) is 0 Å². The first kappa shape index (κ1) is 6.85. The van der Waals surface area contributed by atoms with Gasteiger partial charge in [0.15, 0.2) is 0 Å². The molecule has 0 aromatic carbocycles. The summed E-state index contributed by atoms with van der Waals surface area (Å²) in [5.41, 5.74) is 12.2. The van der Waals surface area contributed by atoms with E-state index in [1.807, 2.05) is 6.08 Å². The molecule has 1 aliphatic carbocycles. The maximum atomic E-state index is 5.89. The van der Waals surface area contributed by atoms with E-state index < -0.39 is 0 Å². The lowest BCUT2D eigenvalue weighted by Gasteiger charge is -2.17. The number of hydrogen-bond donors (Lipinski definition) is 3. The molecule has 1 fully saturated rings. The van der Waals surface area contributed by atoms with Crippen LogP contribution < -0.4 is 16.6 Å². The van der Waals surface area contributed by atoms with Gasteiger partial charge in [0.05, 0.1) is 0 Å². The van der Waals surface area contributed by atoms with E-state index in [2.05, 4.69) is 10.9 Å². The predicted molar refractivity (Wildman–Crippen MR) is 44.1 cm³/mol. The fourth-order valence-electron chi connectivity index (χ4n) is 1.16. The summed E-state index contributed by atoms with van der Waals surface area (Å²) in [6, 6.07) is 0. The van der Waals surface area contributed by atoms with Gasteiger partial charge in [-0.25, -0.2) is 0 Å². The Balaban J connectivity index is 2.24. The zero-order valence-corrected chi connectivity index (χ0v) is 6.78. The minimum Gasteiger partial charge on any atom is -0.384 e. The molecule has 0 bridgehead atoms. The van der Waals surface area contributed by atoms with Crippen LogP contribution >= 0.6 is 11.6 Å².